The predicted octanol–water partition coefficient (Wildman–Crippen LogP) is 4.13. The Kier molecular flexibility index (Phi) is 3.32. The number of nitrogens with one attached hydrogen (secondary N) is 1. The topological polar surface area (TPSA) is 38.3 Å². The van der Waals surface area contributed by atoms with E-state index in [-0.39, 0.29) is 5.91 Å². The zero-order valence-electron chi connectivity index (χ0n) is 10.8. The van der Waals surface area contributed by atoms with Crippen molar-refractivity contribution in [2.75, 3.05) is 5.32 Å². The van der Waals surface area contributed by atoms with Gasteiger partial charge in [-0.05, 0) is 48.4 Å². The summed E-state index contributed by atoms with van der Waals surface area (Å²) in [5, 5.41) is 2.82. The molecule has 0 bridgehead atoms. The van der Waals surface area contributed by atoms with Crippen molar-refractivity contribution < 1.29 is 9.53 Å². The highest BCUT2D eigenvalue weighted by Gasteiger charge is 2.21. The highest BCUT2D eigenvalue weighted by Crippen LogP contribution is 2.31. The van der Waals surface area contributed by atoms with E-state index in [1.54, 1.807) is 6.08 Å². The van der Waals surface area contributed by atoms with Gasteiger partial charge < -0.3 is 10.1 Å². The molecule has 20 heavy (non-hydrogen) atoms. The molecule has 0 spiro atoms. The van der Waals surface area contributed by atoms with Crippen molar-refractivity contribution in [2.45, 2.75) is 6.92 Å². The molecule has 3 nitrogen and oxygen atoms in total. The van der Waals surface area contributed by atoms with Crippen LogP contribution in [0.3, 0.4) is 0 Å². The number of rotatable bonds is 1. The molecule has 2 aromatic carbocycles. The van der Waals surface area contributed by atoms with Gasteiger partial charge in [-0.2, -0.15) is 0 Å². The number of carbonyl (C=O) groups excluding carboxylic acids is 1. The van der Waals surface area contributed by atoms with E-state index in [1.165, 1.54) is 0 Å². The number of anilines is 1. The third kappa shape index (κ3) is 2.60. The van der Waals surface area contributed by atoms with Crippen LogP contribution in [0, 0.1) is 6.92 Å². The Morgan fingerprint density at radius 3 is 2.80 bits per heavy atom. The van der Waals surface area contributed by atoms with E-state index < -0.39 is 0 Å². The zero-order chi connectivity index (χ0) is 14.1. The van der Waals surface area contributed by atoms with Crippen molar-refractivity contribution in [1.82, 2.24) is 0 Å². The Balaban J connectivity index is 1.98. The Labute approximate surface area is 125 Å². The van der Waals surface area contributed by atoms with Gasteiger partial charge in [0.05, 0.1) is 5.69 Å². The second-order valence-corrected chi connectivity index (χ2v) is 5.54. The lowest BCUT2D eigenvalue weighted by atomic mass is 10.1. The van der Waals surface area contributed by atoms with Crippen LogP contribution in [0.15, 0.2) is 52.7 Å². The number of benzene rings is 2. The summed E-state index contributed by atoms with van der Waals surface area (Å²) in [6.07, 6.45) is 1.74. The van der Waals surface area contributed by atoms with Crippen molar-refractivity contribution in [3.63, 3.8) is 0 Å². The SMILES string of the molecule is Cc1cc(Br)cc(/C=C2\Oc3ccccc3NC2=O)c1. The Morgan fingerprint density at radius 1 is 1.20 bits per heavy atom. The van der Waals surface area contributed by atoms with Gasteiger partial charge in [-0.15, -0.1) is 0 Å². The van der Waals surface area contributed by atoms with Crippen molar-refractivity contribution in [2.24, 2.45) is 0 Å². The maximum atomic E-state index is 12.0. The minimum absolute atomic E-state index is 0.235. The molecule has 0 saturated heterocycles. The molecule has 0 radical (unpaired) electrons. The fraction of sp³-hybridized carbons (Fsp3) is 0.0625. The number of hydrogen-bond donors (Lipinski definition) is 1. The second-order valence-electron chi connectivity index (χ2n) is 4.62. The van der Waals surface area contributed by atoms with Crippen LogP contribution in [-0.4, -0.2) is 5.91 Å². The number of amides is 1. The maximum absolute atomic E-state index is 12.0. The molecule has 1 aliphatic heterocycles. The summed E-state index contributed by atoms with van der Waals surface area (Å²) in [4.78, 5) is 12.0. The monoisotopic (exact) mass is 329 g/mol. The average Bonchev–Trinajstić information content (AvgIpc) is 2.38. The summed E-state index contributed by atoms with van der Waals surface area (Å²) in [6.45, 7) is 2.00. The van der Waals surface area contributed by atoms with Crippen LogP contribution in [0.5, 0.6) is 5.75 Å². The third-order valence-electron chi connectivity index (χ3n) is 2.94. The molecule has 0 unspecified atom stereocenters. The van der Waals surface area contributed by atoms with Gasteiger partial charge in [0.2, 0.25) is 0 Å². The van der Waals surface area contributed by atoms with Crippen molar-refractivity contribution in [3.8, 4) is 5.75 Å². The van der Waals surface area contributed by atoms with Crippen LogP contribution in [0.2, 0.25) is 0 Å². The van der Waals surface area contributed by atoms with Gasteiger partial charge in [0.1, 0.15) is 0 Å². The first kappa shape index (κ1) is 12.9. The highest BCUT2D eigenvalue weighted by atomic mass is 79.9. The average molecular weight is 330 g/mol. The molecule has 1 aliphatic rings. The van der Waals surface area contributed by atoms with Gasteiger partial charge in [0.25, 0.3) is 5.91 Å². The van der Waals surface area contributed by atoms with Crippen molar-refractivity contribution in [3.05, 3.63) is 63.8 Å². The fourth-order valence-corrected chi connectivity index (χ4v) is 2.73. The van der Waals surface area contributed by atoms with E-state index >= 15 is 0 Å². The molecule has 0 aromatic heterocycles. The minimum atomic E-state index is -0.235. The number of aryl methyl sites for hydroxylation is 1. The third-order valence-corrected chi connectivity index (χ3v) is 3.40. The van der Waals surface area contributed by atoms with Crippen LogP contribution in [-0.2, 0) is 4.79 Å². The summed E-state index contributed by atoms with van der Waals surface area (Å²) in [7, 11) is 0. The maximum Gasteiger partial charge on any atom is 0.291 e. The first-order valence-corrected chi connectivity index (χ1v) is 6.98. The van der Waals surface area contributed by atoms with E-state index in [4.69, 9.17) is 4.74 Å². The van der Waals surface area contributed by atoms with Gasteiger partial charge in [0.15, 0.2) is 11.5 Å². The van der Waals surface area contributed by atoms with E-state index in [0.29, 0.717) is 17.2 Å². The number of carbonyl (C=O) groups is 1. The predicted molar refractivity (Wildman–Crippen MR) is 82.6 cm³/mol. The van der Waals surface area contributed by atoms with Gasteiger partial charge in [-0.1, -0.05) is 34.1 Å². The van der Waals surface area contributed by atoms with Gasteiger partial charge in [-0.25, -0.2) is 0 Å². The van der Waals surface area contributed by atoms with E-state index in [1.807, 2.05) is 49.4 Å². The number of ether oxygens (including phenoxy) is 1. The Hall–Kier alpha value is -2.07. The molecule has 4 heteroatoms. The summed E-state index contributed by atoms with van der Waals surface area (Å²) in [5.74, 6) is 0.715. The first-order valence-electron chi connectivity index (χ1n) is 6.19. The summed E-state index contributed by atoms with van der Waals surface area (Å²) in [6, 6.07) is 13.3. The number of para-hydroxylation sites is 2. The minimum Gasteiger partial charge on any atom is -0.449 e. The lowest BCUT2D eigenvalue weighted by molar-refractivity contribution is -0.115. The quantitative estimate of drug-likeness (QED) is 0.799. The summed E-state index contributed by atoms with van der Waals surface area (Å²) in [5.41, 5.74) is 2.73. The first-order chi connectivity index (χ1) is 9.61. The molecule has 1 heterocycles. The lowest BCUT2D eigenvalue weighted by Crippen LogP contribution is -2.23. The lowest BCUT2D eigenvalue weighted by Gasteiger charge is -2.19. The molecule has 1 amide bonds. The van der Waals surface area contributed by atoms with Gasteiger partial charge in [0, 0.05) is 4.47 Å². The van der Waals surface area contributed by atoms with Crippen LogP contribution < -0.4 is 10.1 Å². The van der Waals surface area contributed by atoms with Crippen LogP contribution in [0.1, 0.15) is 11.1 Å². The van der Waals surface area contributed by atoms with Crippen molar-refractivity contribution in [1.29, 1.82) is 0 Å². The molecule has 0 atom stereocenters. The number of fused-ring (bicyclic) bond motifs is 1. The molecule has 1 N–H and O–H groups in total. The number of hydrogen-bond acceptors (Lipinski definition) is 2. The van der Waals surface area contributed by atoms with Gasteiger partial charge >= 0.3 is 0 Å². The normalized spacial score (nSPS) is 15.5. The van der Waals surface area contributed by atoms with Crippen molar-refractivity contribution >= 4 is 33.6 Å². The molecule has 100 valence electrons. The zero-order valence-corrected chi connectivity index (χ0v) is 12.4. The van der Waals surface area contributed by atoms with E-state index in [2.05, 4.69) is 21.2 Å². The Bertz CT molecular complexity index is 702. The molecule has 0 saturated carbocycles. The molecule has 0 fully saturated rings. The van der Waals surface area contributed by atoms with Crippen LogP contribution in [0.25, 0.3) is 6.08 Å². The van der Waals surface area contributed by atoms with Crippen LogP contribution in [0.4, 0.5) is 5.69 Å². The number of halogens is 1. The summed E-state index contributed by atoms with van der Waals surface area (Å²) < 4.78 is 6.63. The largest absolute Gasteiger partial charge is 0.449 e. The molecule has 3 rings (SSSR count). The molecular weight excluding hydrogens is 318 g/mol. The van der Waals surface area contributed by atoms with Crippen LogP contribution >= 0.6 is 15.9 Å². The van der Waals surface area contributed by atoms with Gasteiger partial charge in [-0.3, -0.25) is 4.79 Å². The summed E-state index contributed by atoms with van der Waals surface area (Å²) >= 11 is 3.45. The smallest absolute Gasteiger partial charge is 0.291 e. The van der Waals surface area contributed by atoms with E-state index in [0.717, 1.165) is 15.6 Å². The second kappa shape index (κ2) is 5.13. The fourth-order valence-electron chi connectivity index (χ4n) is 2.10. The van der Waals surface area contributed by atoms with E-state index in [9.17, 15) is 4.79 Å². The standard InChI is InChI=1S/C16H12BrNO2/c1-10-6-11(8-12(17)7-10)9-15-16(19)18-13-4-2-3-5-14(13)20-15/h2-9H,1H3,(H,18,19)/b15-9-. The molecular formula is C16H12BrNO2. The Morgan fingerprint density at radius 2 is 2.00 bits per heavy atom. The molecule has 2 aromatic rings. The highest BCUT2D eigenvalue weighted by molar-refractivity contribution is 9.10. The molecule has 0 aliphatic carbocycles.